The Balaban J connectivity index is 1.84. The Hall–Kier alpha value is -1.94. The molecule has 1 fully saturated rings. The molecular formula is C26H35N3S. The average Bonchev–Trinajstić information content (AvgIpc) is 3.08. The molecule has 0 spiro atoms. The Morgan fingerprint density at radius 1 is 1.10 bits per heavy atom. The van der Waals surface area contributed by atoms with Gasteiger partial charge in [-0.3, -0.25) is 0 Å². The number of aromatic nitrogens is 2. The van der Waals surface area contributed by atoms with Crippen LogP contribution in [0, 0.1) is 19.8 Å². The van der Waals surface area contributed by atoms with Crippen LogP contribution >= 0.6 is 12.6 Å². The van der Waals surface area contributed by atoms with Crippen molar-refractivity contribution >= 4 is 29.3 Å². The molecule has 1 saturated heterocycles. The summed E-state index contributed by atoms with van der Waals surface area (Å²) in [7, 11) is 0. The molecule has 0 N–H and O–H groups in total. The third-order valence-corrected chi connectivity index (χ3v) is 7.13. The van der Waals surface area contributed by atoms with E-state index in [-0.39, 0.29) is 0 Å². The number of thiol groups is 1. The normalized spacial score (nSPS) is 15.5. The summed E-state index contributed by atoms with van der Waals surface area (Å²) < 4.78 is 2.29. The summed E-state index contributed by atoms with van der Waals surface area (Å²) in [6, 6.07) is 9.09. The molecule has 4 rings (SSSR count). The van der Waals surface area contributed by atoms with Gasteiger partial charge in [-0.2, -0.15) is 12.6 Å². The molecule has 3 heterocycles. The number of pyridine rings is 1. The zero-order valence-corrected chi connectivity index (χ0v) is 20.0. The predicted molar refractivity (Wildman–Crippen MR) is 133 cm³/mol. The molecule has 0 atom stereocenters. The van der Waals surface area contributed by atoms with Gasteiger partial charge in [-0.15, -0.1) is 0 Å². The highest BCUT2D eigenvalue weighted by Gasteiger charge is 2.23. The molecule has 0 saturated carbocycles. The monoisotopic (exact) mass is 421 g/mol. The van der Waals surface area contributed by atoms with Gasteiger partial charge in [0.1, 0.15) is 5.65 Å². The number of nitrogens with zero attached hydrogens (tertiary/aromatic N) is 3. The predicted octanol–water partition coefficient (Wildman–Crippen LogP) is 6.82. The van der Waals surface area contributed by atoms with Gasteiger partial charge >= 0.3 is 0 Å². The molecule has 3 nitrogen and oxygen atoms in total. The number of hydrogen-bond donors (Lipinski definition) is 1. The first-order valence-corrected chi connectivity index (χ1v) is 12.0. The lowest BCUT2D eigenvalue weighted by atomic mass is 9.94. The van der Waals surface area contributed by atoms with Gasteiger partial charge in [0.25, 0.3) is 0 Å². The van der Waals surface area contributed by atoms with Gasteiger partial charge in [0.15, 0.2) is 0 Å². The van der Waals surface area contributed by atoms with Crippen LogP contribution in [0.5, 0.6) is 0 Å². The van der Waals surface area contributed by atoms with Crippen LogP contribution in [0.25, 0.3) is 16.7 Å². The Kier molecular flexibility index (Phi) is 6.15. The van der Waals surface area contributed by atoms with Crippen LogP contribution in [-0.4, -0.2) is 22.6 Å². The van der Waals surface area contributed by atoms with Crippen LogP contribution in [0.3, 0.4) is 0 Å². The van der Waals surface area contributed by atoms with Crippen molar-refractivity contribution in [1.82, 2.24) is 9.55 Å². The van der Waals surface area contributed by atoms with Crippen molar-refractivity contribution in [1.29, 1.82) is 0 Å². The topological polar surface area (TPSA) is 21.1 Å². The fourth-order valence-corrected chi connectivity index (χ4v) is 5.11. The molecule has 160 valence electrons. The third-order valence-electron chi connectivity index (χ3n) is 6.79. The number of hydrogen-bond acceptors (Lipinski definition) is 3. The molecule has 0 amide bonds. The minimum Gasteiger partial charge on any atom is -0.371 e. The van der Waals surface area contributed by atoms with E-state index in [1.165, 1.54) is 52.7 Å². The van der Waals surface area contributed by atoms with Crippen molar-refractivity contribution in [2.45, 2.75) is 65.6 Å². The summed E-state index contributed by atoms with van der Waals surface area (Å²) in [5, 5.41) is 1.30. The Morgan fingerprint density at radius 3 is 2.47 bits per heavy atom. The second kappa shape index (κ2) is 8.66. The summed E-state index contributed by atoms with van der Waals surface area (Å²) in [5.41, 5.74) is 8.62. The highest BCUT2D eigenvalue weighted by atomic mass is 32.1. The zero-order chi connectivity index (χ0) is 21.4. The van der Waals surface area contributed by atoms with Crippen LogP contribution in [-0.2, 0) is 5.75 Å². The van der Waals surface area contributed by atoms with E-state index < -0.39 is 0 Å². The molecule has 1 aliphatic rings. The summed E-state index contributed by atoms with van der Waals surface area (Å²) in [5.74, 6) is 2.11. The van der Waals surface area contributed by atoms with E-state index in [2.05, 4.69) is 87.2 Å². The van der Waals surface area contributed by atoms with Crippen LogP contribution in [0.2, 0.25) is 0 Å². The lowest BCUT2D eigenvalue weighted by molar-refractivity contribution is 0.395. The second-order valence-electron chi connectivity index (χ2n) is 9.20. The molecule has 0 radical (unpaired) electrons. The van der Waals surface area contributed by atoms with Crippen molar-refractivity contribution in [2.75, 3.05) is 18.0 Å². The molecule has 0 aliphatic carbocycles. The summed E-state index contributed by atoms with van der Waals surface area (Å²) >= 11 is 4.65. The minimum atomic E-state index is 0.513. The van der Waals surface area contributed by atoms with E-state index in [0.29, 0.717) is 5.92 Å². The maximum Gasteiger partial charge on any atom is 0.147 e. The van der Waals surface area contributed by atoms with Crippen LogP contribution in [0.1, 0.15) is 68.3 Å². The fourth-order valence-electron chi connectivity index (χ4n) is 4.85. The Labute approximate surface area is 186 Å². The molecule has 1 aliphatic heterocycles. The van der Waals surface area contributed by atoms with Crippen molar-refractivity contribution in [3.8, 4) is 5.69 Å². The lowest BCUT2D eigenvalue weighted by Gasteiger charge is -2.34. The quantitative estimate of drug-likeness (QED) is 0.456. The van der Waals surface area contributed by atoms with Gasteiger partial charge in [-0.05, 0) is 67.3 Å². The molecule has 0 bridgehead atoms. The van der Waals surface area contributed by atoms with E-state index in [1.807, 2.05) is 0 Å². The van der Waals surface area contributed by atoms with E-state index >= 15 is 0 Å². The summed E-state index contributed by atoms with van der Waals surface area (Å²) in [4.78, 5) is 7.59. The summed E-state index contributed by atoms with van der Waals surface area (Å²) in [6.45, 7) is 13.4. The number of fused-ring (bicyclic) bond motifs is 1. The number of piperidine rings is 1. The minimum absolute atomic E-state index is 0.513. The van der Waals surface area contributed by atoms with E-state index in [0.717, 1.165) is 36.1 Å². The highest BCUT2D eigenvalue weighted by molar-refractivity contribution is 7.79. The number of aryl methyl sites for hydroxylation is 2. The fraction of sp³-hybridized carbons (Fsp3) is 0.500. The highest BCUT2D eigenvalue weighted by Crippen LogP contribution is 2.36. The first kappa shape index (κ1) is 21.3. The Bertz CT molecular complexity index is 1040. The van der Waals surface area contributed by atoms with Gasteiger partial charge in [0, 0.05) is 41.8 Å². The molecule has 2 aromatic heterocycles. The molecule has 30 heavy (non-hydrogen) atoms. The van der Waals surface area contributed by atoms with Crippen molar-refractivity contribution < 1.29 is 0 Å². The smallest absolute Gasteiger partial charge is 0.147 e. The molecular weight excluding hydrogens is 386 g/mol. The third kappa shape index (κ3) is 3.87. The van der Waals surface area contributed by atoms with E-state index in [9.17, 15) is 0 Å². The molecule has 4 heteroatoms. The van der Waals surface area contributed by atoms with E-state index in [4.69, 9.17) is 4.98 Å². The van der Waals surface area contributed by atoms with Gasteiger partial charge in [0.05, 0.1) is 5.69 Å². The maximum atomic E-state index is 5.00. The molecule has 1 aromatic carbocycles. The van der Waals surface area contributed by atoms with Crippen molar-refractivity contribution in [2.24, 2.45) is 5.92 Å². The van der Waals surface area contributed by atoms with Gasteiger partial charge in [-0.1, -0.05) is 39.3 Å². The second-order valence-corrected chi connectivity index (χ2v) is 9.52. The molecule has 0 unspecified atom stereocenters. The van der Waals surface area contributed by atoms with Crippen molar-refractivity contribution in [3.63, 3.8) is 0 Å². The Morgan fingerprint density at radius 2 is 1.83 bits per heavy atom. The number of rotatable bonds is 5. The van der Waals surface area contributed by atoms with Gasteiger partial charge in [0.2, 0.25) is 0 Å². The zero-order valence-electron chi connectivity index (χ0n) is 19.1. The molecule has 3 aromatic rings. The van der Waals surface area contributed by atoms with Gasteiger partial charge < -0.3 is 9.47 Å². The van der Waals surface area contributed by atoms with Crippen molar-refractivity contribution in [3.05, 3.63) is 52.8 Å². The summed E-state index contributed by atoms with van der Waals surface area (Å²) in [6.07, 6.45) is 6.14. The van der Waals surface area contributed by atoms with E-state index in [1.54, 1.807) is 0 Å². The maximum absolute atomic E-state index is 5.00. The van der Waals surface area contributed by atoms with Crippen LogP contribution < -0.4 is 4.90 Å². The SMILES string of the molecule is CCC1CCN(c2cc(C)nc3c2c(C)cn3-c2ccc(C(C)C)cc2CS)CC1. The van der Waals surface area contributed by atoms with Crippen LogP contribution in [0.15, 0.2) is 30.5 Å². The lowest BCUT2D eigenvalue weighted by Crippen LogP contribution is -2.33. The standard InChI is InChI=1S/C26H35N3S/c1-6-20-9-11-28(12-10-20)24-13-19(5)27-26-25(24)18(4)15-29(26)23-8-7-21(17(2)3)14-22(23)16-30/h7-8,13-15,17,20,30H,6,9-12,16H2,1-5H3. The largest absolute Gasteiger partial charge is 0.371 e. The van der Waals surface area contributed by atoms with Crippen LogP contribution in [0.4, 0.5) is 5.69 Å². The first-order valence-electron chi connectivity index (χ1n) is 11.4. The number of anilines is 1. The number of benzene rings is 1. The first-order chi connectivity index (χ1) is 14.4. The van der Waals surface area contributed by atoms with Gasteiger partial charge in [-0.25, -0.2) is 4.98 Å². The average molecular weight is 422 g/mol.